The molecule has 7 heteroatoms. The molecule has 5 nitrogen and oxygen atoms in total. The third-order valence-corrected chi connectivity index (χ3v) is 3.73. The van der Waals surface area contributed by atoms with Crippen LogP contribution in [0.5, 0.6) is 0 Å². The van der Waals surface area contributed by atoms with E-state index in [4.69, 9.17) is 9.05 Å². The minimum Gasteiger partial charge on any atom is -0.293 e. The fraction of sp³-hybridized carbons (Fsp3) is 0.857. The van der Waals surface area contributed by atoms with E-state index in [0.29, 0.717) is 18.4 Å². The highest BCUT2D eigenvalue weighted by atomic mass is 32.2. The zero-order valence-electron chi connectivity index (χ0n) is 8.94. The van der Waals surface area contributed by atoms with Crippen LogP contribution in [-0.2, 0) is 13.6 Å². The van der Waals surface area contributed by atoms with E-state index in [1.165, 1.54) is 11.8 Å². The lowest BCUT2D eigenvalue weighted by atomic mass is 10.9. The number of amidine groups is 1. The Balaban J connectivity index is 4.42. The van der Waals surface area contributed by atoms with Gasteiger partial charge < -0.3 is 0 Å². The predicted molar refractivity (Wildman–Crippen MR) is 60.9 cm³/mol. The van der Waals surface area contributed by atoms with Gasteiger partial charge in [-0.3, -0.25) is 19.1 Å². The van der Waals surface area contributed by atoms with Crippen molar-refractivity contribution < 1.29 is 13.6 Å². The second-order valence-electron chi connectivity index (χ2n) is 2.18. The molecule has 0 amide bonds. The molecule has 84 valence electrons. The Bertz CT molecular complexity index is 225. The van der Waals surface area contributed by atoms with E-state index in [-0.39, 0.29) is 0 Å². The van der Waals surface area contributed by atoms with Crippen molar-refractivity contribution in [3.63, 3.8) is 0 Å². The van der Waals surface area contributed by atoms with E-state index in [1.54, 1.807) is 20.9 Å². The molecule has 0 aromatic rings. The van der Waals surface area contributed by atoms with Gasteiger partial charge in [-0.1, -0.05) is 11.8 Å². The Morgan fingerprint density at radius 2 is 1.93 bits per heavy atom. The number of nitrogens with zero attached hydrogens (tertiary/aromatic N) is 1. The van der Waals surface area contributed by atoms with Gasteiger partial charge in [0.05, 0.1) is 13.2 Å². The first-order valence-corrected chi connectivity index (χ1v) is 7.06. The zero-order chi connectivity index (χ0) is 11.0. The number of thioether (sulfide) groups is 1. The second-order valence-corrected chi connectivity index (χ2v) is 4.71. The van der Waals surface area contributed by atoms with Gasteiger partial charge in [-0.15, -0.1) is 0 Å². The highest BCUT2D eigenvalue weighted by Gasteiger charge is 2.24. The molecule has 14 heavy (non-hydrogen) atoms. The largest absolute Gasteiger partial charge is 0.434 e. The van der Waals surface area contributed by atoms with E-state index in [0.717, 1.165) is 0 Å². The SMILES string of the molecule is CCOP(=O)(NC(=NC)SC)OCC. The summed E-state index contributed by atoms with van der Waals surface area (Å²) in [6.45, 7) is 4.18. The fourth-order valence-corrected chi connectivity index (χ4v) is 2.85. The number of hydrogen-bond acceptors (Lipinski definition) is 5. The van der Waals surface area contributed by atoms with Gasteiger partial charge in [0.1, 0.15) is 0 Å². The number of nitrogens with one attached hydrogen (secondary N) is 1. The molecule has 0 aromatic carbocycles. The zero-order valence-corrected chi connectivity index (χ0v) is 10.7. The number of aliphatic imine (C=N–C) groups is 1. The summed E-state index contributed by atoms with van der Waals surface area (Å²) in [5, 5.41) is 3.19. The topological polar surface area (TPSA) is 59.9 Å². The molecule has 0 spiro atoms. The van der Waals surface area contributed by atoms with Crippen molar-refractivity contribution in [2.75, 3.05) is 26.5 Å². The molecule has 0 atom stereocenters. The van der Waals surface area contributed by atoms with Crippen LogP contribution in [0.2, 0.25) is 0 Å². The molecule has 0 heterocycles. The van der Waals surface area contributed by atoms with E-state index >= 15 is 0 Å². The molecular formula is C7H17N2O3PS. The maximum Gasteiger partial charge on any atom is 0.434 e. The number of hydrogen-bond donors (Lipinski definition) is 1. The molecule has 0 rings (SSSR count). The lowest BCUT2D eigenvalue weighted by Crippen LogP contribution is -2.20. The van der Waals surface area contributed by atoms with Crippen molar-refractivity contribution in [1.29, 1.82) is 0 Å². The third-order valence-electron chi connectivity index (χ3n) is 1.23. The fourth-order valence-electron chi connectivity index (χ4n) is 0.746. The molecule has 0 aromatic heterocycles. The van der Waals surface area contributed by atoms with Crippen molar-refractivity contribution in [2.45, 2.75) is 13.8 Å². The Kier molecular flexibility index (Phi) is 7.27. The maximum absolute atomic E-state index is 11.9. The highest BCUT2D eigenvalue weighted by molar-refractivity contribution is 8.13. The monoisotopic (exact) mass is 240 g/mol. The Morgan fingerprint density at radius 1 is 1.43 bits per heavy atom. The molecule has 0 aliphatic rings. The first-order valence-electron chi connectivity index (χ1n) is 4.30. The highest BCUT2D eigenvalue weighted by Crippen LogP contribution is 2.43. The van der Waals surface area contributed by atoms with Crippen LogP contribution < -0.4 is 5.09 Å². The smallest absolute Gasteiger partial charge is 0.293 e. The summed E-state index contributed by atoms with van der Waals surface area (Å²) < 4.78 is 22.0. The van der Waals surface area contributed by atoms with Crippen LogP contribution >= 0.6 is 19.5 Å². The average Bonchev–Trinajstić information content (AvgIpc) is 2.15. The van der Waals surface area contributed by atoms with Gasteiger partial charge in [-0.2, -0.15) is 0 Å². The van der Waals surface area contributed by atoms with Gasteiger partial charge in [-0.25, -0.2) is 4.57 Å². The predicted octanol–water partition coefficient (Wildman–Crippen LogP) is 2.11. The Hall–Kier alpha value is -0.0300. The molecule has 0 unspecified atom stereocenters. The molecular weight excluding hydrogens is 223 g/mol. The number of rotatable bonds is 5. The first-order chi connectivity index (χ1) is 6.61. The average molecular weight is 240 g/mol. The van der Waals surface area contributed by atoms with E-state index in [2.05, 4.69) is 10.1 Å². The van der Waals surface area contributed by atoms with Crippen LogP contribution in [0.1, 0.15) is 13.8 Å². The van der Waals surface area contributed by atoms with Crippen molar-refractivity contribution >= 4 is 24.7 Å². The van der Waals surface area contributed by atoms with Crippen LogP contribution in [0, 0.1) is 0 Å². The van der Waals surface area contributed by atoms with Gasteiger partial charge in [0, 0.05) is 7.05 Å². The molecule has 0 saturated heterocycles. The molecule has 0 fully saturated rings. The summed E-state index contributed by atoms with van der Waals surface area (Å²) in [5.41, 5.74) is 0. The lowest BCUT2D eigenvalue weighted by molar-refractivity contribution is 0.216. The van der Waals surface area contributed by atoms with Crippen LogP contribution in [0.3, 0.4) is 0 Å². The van der Waals surface area contributed by atoms with Gasteiger partial charge in [0.15, 0.2) is 5.17 Å². The van der Waals surface area contributed by atoms with Crippen molar-refractivity contribution in [3.8, 4) is 0 Å². The minimum atomic E-state index is -3.21. The molecule has 0 radical (unpaired) electrons. The Morgan fingerprint density at radius 3 is 2.21 bits per heavy atom. The van der Waals surface area contributed by atoms with Crippen molar-refractivity contribution in [3.05, 3.63) is 0 Å². The Labute approximate surface area is 89.2 Å². The van der Waals surface area contributed by atoms with E-state index in [9.17, 15) is 4.57 Å². The summed E-state index contributed by atoms with van der Waals surface area (Å²) >= 11 is 1.36. The van der Waals surface area contributed by atoms with E-state index in [1.807, 2.05) is 6.26 Å². The third kappa shape index (κ3) is 5.00. The normalized spacial score (nSPS) is 13.0. The summed E-state index contributed by atoms with van der Waals surface area (Å²) in [7, 11) is -1.60. The van der Waals surface area contributed by atoms with Crippen LogP contribution in [0.4, 0.5) is 0 Å². The summed E-state index contributed by atoms with van der Waals surface area (Å²) in [4.78, 5) is 3.89. The molecule has 1 N–H and O–H groups in total. The second kappa shape index (κ2) is 7.29. The minimum absolute atomic E-state index is 0.329. The first kappa shape index (κ1) is 14.0. The van der Waals surface area contributed by atoms with Crippen LogP contribution in [0.15, 0.2) is 4.99 Å². The van der Waals surface area contributed by atoms with Crippen molar-refractivity contribution in [1.82, 2.24) is 5.09 Å². The maximum atomic E-state index is 11.9. The van der Waals surface area contributed by atoms with Crippen LogP contribution in [0.25, 0.3) is 0 Å². The van der Waals surface area contributed by atoms with Crippen molar-refractivity contribution in [2.24, 2.45) is 4.99 Å². The molecule has 0 saturated carbocycles. The summed E-state index contributed by atoms with van der Waals surface area (Å²) in [6, 6.07) is 0. The molecule has 0 aliphatic heterocycles. The van der Waals surface area contributed by atoms with Gasteiger partial charge in [0.25, 0.3) is 0 Å². The van der Waals surface area contributed by atoms with Crippen LogP contribution in [-0.4, -0.2) is 31.7 Å². The van der Waals surface area contributed by atoms with Gasteiger partial charge in [-0.05, 0) is 20.1 Å². The summed E-state index contributed by atoms with van der Waals surface area (Å²) in [5.74, 6) is 0. The summed E-state index contributed by atoms with van der Waals surface area (Å²) in [6.07, 6.45) is 1.83. The van der Waals surface area contributed by atoms with Gasteiger partial charge in [0.2, 0.25) is 0 Å². The standard InChI is InChI=1S/C7H17N2O3PS/c1-5-11-13(10,12-6-2)9-7(8-3)14-4/h5-6H2,1-4H3,(H,8,9,10). The van der Waals surface area contributed by atoms with E-state index < -0.39 is 7.75 Å². The molecule has 0 aliphatic carbocycles. The van der Waals surface area contributed by atoms with Gasteiger partial charge >= 0.3 is 7.75 Å². The lowest BCUT2D eigenvalue weighted by Gasteiger charge is -2.18. The molecule has 0 bridgehead atoms. The quantitative estimate of drug-likeness (QED) is 0.453.